The lowest BCUT2D eigenvalue weighted by molar-refractivity contribution is 0.460. The predicted molar refractivity (Wildman–Crippen MR) is 83.1 cm³/mol. The number of nitrogens with two attached hydrogens (primary N) is 1. The fraction of sp³-hybridized carbons (Fsp3) is 0.0588. The number of aryl methyl sites for hydroxylation is 1. The van der Waals surface area contributed by atoms with E-state index in [1.165, 1.54) is 0 Å². The average Bonchev–Trinajstić information content (AvgIpc) is 2.50. The maximum Gasteiger partial charge on any atom is 0.223 e. The van der Waals surface area contributed by atoms with Crippen LogP contribution in [0.1, 0.15) is 5.82 Å². The van der Waals surface area contributed by atoms with Gasteiger partial charge in [-0.15, -0.1) is 0 Å². The summed E-state index contributed by atoms with van der Waals surface area (Å²) >= 11 is 0. The second kappa shape index (κ2) is 5.63. The summed E-state index contributed by atoms with van der Waals surface area (Å²) in [5.41, 5.74) is 8.24. The van der Waals surface area contributed by atoms with Gasteiger partial charge in [0.05, 0.1) is 5.69 Å². The molecule has 0 saturated carbocycles. The monoisotopic (exact) mass is 277 g/mol. The van der Waals surface area contributed by atoms with Crippen LogP contribution in [-0.4, -0.2) is 9.97 Å². The summed E-state index contributed by atoms with van der Waals surface area (Å²) in [5.74, 6) is 1.88. The van der Waals surface area contributed by atoms with Gasteiger partial charge in [-0.05, 0) is 31.2 Å². The number of hydrogen-bond acceptors (Lipinski definition) is 4. The zero-order chi connectivity index (χ0) is 14.7. The summed E-state index contributed by atoms with van der Waals surface area (Å²) in [7, 11) is 0. The van der Waals surface area contributed by atoms with Crippen LogP contribution in [0.2, 0.25) is 0 Å². The number of rotatable bonds is 3. The highest BCUT2D eigenvalue weighted by Crippen LogP contribution is 2.25. The molecule has 21 heavy (non-hydrogen) atoms. The van der Waals surface area contributed by atoms with Crippen LogP contribution >= 0.6 is 0 Å². The normalized spacial score (nSPS) is 10.3. The maximum atomic E-state index is 5.77. The molecule has 0 fully saturated rings. The molecule has 4 nitrogen and oxygen atoms in total. The van der Waals surface area contributed by atoms with Gasteiger partial charge in [0.2, 0.25) is 5.88 Å². The molecular formula is C17H15N3O. The molecule has 0 bridgehead atoms. The molecule has 0 unspecified atom stereocenters. The van der Waals surface area contributed by atoms with E-state index in [-0.39, 0.29) is 0 Å². The molecule has 4 heteroatoms. The predicted octanol–water partition coefficient (Wildman–Crippen LogP) is 3.83. The van der Waals surface area contributed by atoms with Crippen molar-refractivity contribution in [2.24, 2.45) is 0 Å². The van der Waals surface area contributed by atoms with Gasteiger partial charge in [-0.3, -0.25) is 0 Å². The summed E-state index contributed by atoms with van der Waals surface area (Å²) < 4.78 is 5.77. The van der Waals surface area contributed by atoms with E-state index in [9.17, 15) is 0 Å². The van der Waals surface area contributed by atoms with E-state index >= 15 is 0 Å². The van der Waals surface area contributed by atoms with Gasteiger partial charge in [0.15, 0.2) is 0 Å². The van der Waals surface area contributed by atoms with Crippen LogP contribution in [0.5, 0.6) is 11.6 Å². The van der Waals surface area contributed by atoms with Crippen molar-refractivity contribution in [3.8, 4) is 22.9 Å². The Morgan fingerprint density at radius 1 is 0.905 bits per heavy atom. The molecule has 3 rings (SSSR count). The minimum absolute atomic E-state index is 0.520. The lowest BCUT2D eigenvalue weighted by Crippen LogP contribution is -1.95. The first kappa shape index (κ1) is 13.1. The highest BCUT2D eigenvalue weighted by Gasteiger charge is 2.06. The Balaban J connectivity index is 1.93. The molecule has 0 aliphatic carbocycles. The second-order valence-corrected chi connectivity index (χ2v) is 4.68. The highest BCUT2D eigenvalue weighted by atomic mass is 16.5. The molecule has 0 aliphatic rings. The Kier molecular flexibility index (Phi) is 3.51. The lowest BCUT2D eigenvalue weighted by Gasteiger charge is -2.08. The number of nitrogens with zero attached hydrogens (tertiary/aromatic N) is 2. The van der Waals surface area contributed by atoms with Crippen LogP contribution in [0.15, 0.2) is 60.7 Å². The van der Waals surface area contributed by atoms with Gasteiger partial charge >= 0.3 is 0 Å². The Labute approximate surface area is 123 Å². The Hall–Kier alpha value is -2.88. The number of anilines is 1. The first-order valence-corrected chi connectivity index (χ1v) is 6.65. The third-order valence-electron chi connectivity index (χ3n) is 2.99. The Morgan fingerprint density at radius 3 is 2.33 bits per heavy atom. The number of ether oxygens (including phenoxy) is 1. The average molecular weight is 277 g/mol. The van der Waals surface area contributed by atoms with E-state index in [1.54, 1.807) is 12.1 Å². The van der Waals surface area contributed by atoms with Gasteiger partial charge in [0, 0.05) is 17.3 Å². The van der Waals surface area contributed by atoms with Gasteiger partial charge in [-0.1, -0.05) is 30.3 Å². The smallest absolute Gasteiger partial charge is 0.223 e. The van der Waals surface area contributed by atoms with Crippen molar-refractivity contribution in [3.63, 3.8) is 0 Å². The van der Waals surface area contributed by atoms with Crippen LogP contribution in [0.4, 0.5) is 5.69 Å². The van der Waals surface area contributed by atoms with E-state index in [2.05, 4.69) is 9.97 Å². The first-order valence-electron chi connectivity index (χ1n) is 6.65. The molecule has 0 spiro atoms. The molecule has 0 aliphatic heterocycles. The minimum Gasteiger partial charge on any atom is -0.439 e. The molecule has 0 atom stereocenters. The molecule has 104 valence electrons. The molecule has 2 aromatic carbocycles. The van der Waals surface area contributed by atoms with Crippen LogP contribution in [0.3, 0.4) is 0 Å². The zero-order valence-electron chi connectivity index (χ0n) is 11.7. The third kappa shape index (κ3) is 3.17. The van der Waals surface area contributed by atoms with E-state index < -0.39 is 0 Å². The van der Waals surface area contributed by atoms with E-state index in [0.29, 0.717) is 23.1 Å². The van der Waals surface area contributed by atoms with E-state index in [1.807, 2.05) is 55.5 Å². The minimum atomic E-state index is 0.520. The molecule has 0 saturated heterocycles. The Morgan fingerprint density at radius 2 is 1.62 bits per heavy atom. The summed E-state index contributed by atoms with van der Waals surface area (Å²) in [6, 6.07) is 19.0. The van der Waals surface area contributed by atoms with E-state index in [0.717, 1.165) is 11.3 Å². The number of nitrogen functional groups attached to an aromatic ring is 1. The van der Waals surface area contributed by atoms with Crippen LogP contribution in [0, 0.1) is 6.92 Å². The van der Waals surface area contributed by atoms with Crippen molar-refractivity contribution in [1.82, 2.24) is 9.97 Å². The molecule has 0 amide bonds. The quantitative estimate of drug-likeness (QED) is 0.739. The van der Waals surface area contributed by atoms with Crippen LogP contribution < -0.4 is 10.5 Å². The van der Waals surface area contributed by atoms with Gasteiger partial charge in [0.1, 0.15) is 11.6 Å². The van der Waals surface area contributed by atoms with Gasteiger partial charge in [-0.2, -0.15) is 4.98 Å². The number of benzene rings is 2. The molecule has 1 aromatic heterocycles. The van der Waals surface area contributed by atoms with Crippen molar-refractivity contribution >= 4 is 5.69 Å². The summed E-state index contributed by atoms with van der Waals surface area (Å²) in [6.45, 7) is 1.85. The van der Waals surface area contributed by atoms with Crippen molar-refractivity contribution in [2.45, 2.75) is 6.92 Å². The number of hydrogen-bond donors (Lipinski definition) is 1. The zero-order valence-corrected chi connectivity index (χ0v) is 11.7. The van der Waals surface area contributed by atoms with E-state index in [4.69, 9.17) is 10.5 Å². The van der Waals surface area contributed by atoms with Crippen molar-refractivity contribution in [1.29, 1.82) is 0 Å². The summed E-state index contributed by atoms with van der Waals surface area (Å²) in [6.07, 6.45) is 0. The summed E-state index contributed by atoms with van der Waals surface area (Å²) in [5, 5.41) is 0. The largest absolute Gasteiger partial charge is 0.439 e. The van der Waals surface area contributed by atoms with Crippen molar-refractivity contribution in [3.05, 3.63) is 66.5 Å². The molecule has 3 aromatic rings. The van der Waals surface area contributed by atoms with Crippen molar-refractivity contribution < 1.29 is 4.74 Å². The lowest BCUT2D eigenvalue weighted by atomic mass is 10.1. The standard InChI is InChI=1S/C17H15N3O/c1-12-19-16(13-5-3-2-4-6-13)11-17(20-12)21-15-9-7-14(18)8-10-15/h2-11H,18H2,1H3. The molecule has 1 heterocycles. The third-order valence-corrected chi connectivity index (χ3v) is 2.99. The van der Waals surface area contributed by atoms with Gasteiger partial charge in [0.25, 0.3) is 0 Å². The second-order valence-electron chi connectivity index (χ2n) is 4.68. The van der Waals surface area contributed by atoms with Crippen LogP contribution in [0.25, 0.3) is 11.3 Å². The summed E-state index contributed by atoms with van der Waals surface area (Å²) in [4.78, 5) is 8.76. The molecular weight excluding hydrogens is 262 g/mol. The van der Waals surface area contributed by atoms with Crippen LogP contribution in [-0.2, 0) is 0 Å². The topological polar surface area (TPSA) is 61.0 Å². The molecule has 2 N–H and O–H groups in total. The fourth-order valence-electron chi connectivity index (χ4n) is 2.01. The SMILES string of the molecule is Cc1nc(Oc2ccc(N)cc2)cc(-c2ccccc2)n1. The highest BCUT2D eigenvalue weighted by molar-refractivity contribution is 5.60. The molecule has 0 radical (unpaired) electrons. The first-order chi connectivity index (χ1) is 10.2. The van der Waals surface area contributed by atoms with Gasteiger partial charge in [-0.25, -0.2) is 4.98 Å². The fourth-order valence-corrected chi connectivity index (χ4v) is 2.01. The maximum absolute atomic E-state index is 5.77. The Bertz CT molecular complexity index is 740. The van der Waals surface area contributed by atoms with Gasteiger partial charge < -0.3 is 10.5 Å². The van der Waals surface area contributed by atoms with Crippen molar-refractivity contribution in [2.75, 3.05) is 5.73 Å². The number of aromatic nitrogens is 2.